The summed E-state index contributed by atoms with van der Waals surface area (Å²) in [6, 6.07) is 7.32. The van der Waals surface area contributed by atoms with Crippen LogP contribution in [0.2, 0.25) is 0 Å². The molecule has 0 radical (unpaired) electrons. The van der Waals surface area contributed by atoms with Crippen LogP contribution in [0.1, 0.15) is 24.2 Å². The van der Waals surface area contributed by atoms with E-state index in [0.29, 0.717) is 31.0 Å². The van der Waals surface area contributed by atoms with Crippen LogP contribution in [0, 0.1) is 0 Å². The summed E-state index contributed by atoms with van der Waals surface area (Å²) in [6.07, 6.45) is 0.0559. The minimum Gasteiger partial charge on any atom is -0.490 e. The number of rotatable bonds is 8. The molecule has 0 saturated carbocycles. The monoisotopic (exact) mass is 251 g/mol. The molecule has 100 valence electrons. The van der Waals surface area contributed by atoms with Crippen LogP contribution in [0.5, 0.6) is 5.75 Å². The Balaban J connectivity index is 2.61. The first kappa shape index (κ1) is 14.7. The van der Waals surface area contributed by atoms with Crippen molar-refractivity contribution in [2.24, 2.45) is 0 Å². The van der Waals surface area contributed by atoms with Gasteiger partial charge in [-0.3, -0.25) is 4.79 Å². The van der Waals surface area contributed by atoms with E-state index in [-0.39, 0.29) is 11.9 Å². The van der Waals surface area contributed by atoms with Gasteiger partial charge in [-0.15, -0.1) is 0 Å². The molecule has 4 nitrogen and oxygen atoms in total. The smallest absolute Gasteiger partial charge is 0.180 e. The molecule has 0 aliphatic heterocycles. The van der Waals surface area contributed by atoms with E-state index in [1.807, 2.05) is 32.0 Å². The van der Waals surface area contributed by atoms with E-state index < -0.39 is 0 Å². The number of Topliss-reactive ketones (excluding diaryl/α,β-unsaturated/α-hetero) is 1. The summed E-state index contributed by atoms with van der Waals surface area (Å²) >= 11 is 0. The molecular formula is C14H21NO3. The lowest BCUT2D eigenvalue weighted by Crippen LogP contribution is -2.26. The molecule has 1 N–H and O–H groups in total. The average Bonchev–Trinajstić information content (AvgIpc) is 2.34. The molecule has 4 heteroatoms. The maximum Gasteiger partial charge on any atom is 0.180 e. The maximum absolute atomic E-state index is 12.0. The van der Waals surface area contributed by atoms with Gasteiger partial charge in [0, 0.05) is 13.7 Å². The summed E-state index contributed by atoms with van der Waals surface area (Å²) in [6.45, 7) is 5.44. The number of ether oxygens (including phenoxy) is 2. The number of nitrogens with one attached hydrogen (secondary N) is 1. The van der Waals surface area contributed by atoms with E-state index in [1.54, 1.807) is 13.2 Å². The summed E-state index contributed by atoms with van der Waals surface area (Å²) in [5.41, 5.74) is 0.621. The molecule has 0 fully saturated rings. The Bertz CT molecular complexity index is 377. The third-order valence-electron chi connectivity index (χ3n) is 2.32. The molecule has 0 spiro atoms. The van der Waals surface area contributed by atoms with Crippen molar-refractivity contribution < 1.29 is 14.3 Å². The van der Waals surface area contributed by atoms with Crippen molar-refractivity contribution in [2.45, 2.75) is 20.0 Å². The van der Waals surface area contributed by atoms with Gasteiger partial charge in [-0.1, -0.05) is 12.1 Å². The van der Waals surface area contributed by atoms with Gasteiger partial charge in [0.2, 0.25) is 0 Å². The number of methoxy groups -OCH3 is 1. The third-order valence-corrected chi connectivity index (χ3v) is 2.32. The number of ketones is 1. The van der Waals surface area contributed by atoms with E-state index in [2.05, 4.69) is 5.32 Å². The highest BCUT2D eigenvalue weighted by Gasteiger charge is 2.12. The number of para-hydroxylation sites is 1. The lowest BCUT2D eigenvalue weighted by molar-refractivity contribution is 0.0982. The number of hydrogen-bond acceptors (Lipinski definition) is 4. The zero-order valence-corrected chi connectivity index (χ0v) is 11.2. The standard InChI is InChI=1S/C14H21NO3/c1-11(2)18-14-7-5-4-6-12(14)13(16)10-15-8-9-17-3/h4-7,11,15H,8-10H2,1-3H3. The molecule has 0 heterocycles. The van der Waals surface area contributed by atoms with Gasteiger partial charge in [-0.25, -0.2) is 0 Å². The molecule has 1 aromatic carbocycles. The van der Waals surface area contributed by atoms with E-state index in [4.69, 9.17) is 9.47 Å². The molecule has 0 aliphatic rings. The first-order chi connectivity index (χ1) is 8.65. The van der Waals surface area contributed by atoms with E-state index in [1.165, 1.54) is 0 Å². The van der Waals surface area contributed by atoms with Crippen molar-refractivity contribution in [1.29, 1.82) is 0 Å². The highest BCUT2D eigenvalue weighted by Crippen LogP contribution is 2.19. The molecule has 0 atom stereocenters. The number of benzene rings is 1. The molecule has 0 saturated heterocycles. The van der Waals surface area contributed by atoms with E-state index >= 15 is 0 Å². The largest absolute Gasteiger partial charge is 0.490 e. The summed E-state index contributed by atoms with van der Waals surface area (Å²) in [7, 11) is 1.63. The van der Waals surface area contributed by atoms with Crippen LogP contribution in [0.3, 0.4) is 0 Å². The molecule has 0 unspecified atom stereocenters. The Labute approximate surface area is 108 Å². The SMILES string of the molecule is COCCNCC(=O)c1ccccc1OC(C)C. The zero-order chi connectivity index (χ0) is 13.4. The third kappa shape index (κ3) is 4.85. The van der Waals surface area contributed by atoms with Gasteiger partial charge in [-0.05, 0) is 26.0 Å². The van der Waals surface area contributed by atoms with Crippen LogP contribution in [0.15, 0.2) is 24.3 Å². The Morgan fingerprint density at radius 3 is 2.72 bits per heavy atom. The van der Waals surface area contributed by atoms with Gasteiger partial charge in [-0.2, -0.15) is 0 Å². The fraction of sp³-hybridized carbons (Fsp3) is 0.500. The van der Waals surface area contributed by atoms with Crippen molar-refractivity contribution in [1.82, 2.24) is 5.32 Å². The predicted molar refractivity (Wildman–Crippen MR) is 71.3 cm³/mol. The fourth-order valence-electron chi connectivity index (χ4n) is 1.53. The van der Waals surface area contributed by atoms with Crippen molar-refractivity contribution in [3.05, 3.63) is 29.8 Å². The molecule has 0 aliphatic carbocycles. The number of carbonyl (C=O) groups is 1. The van der Waals surface area contributed by atoms with Crippen molar-refractivity contribution in [3.8, 4) is 5.75 Å². The Morgan fingerprint density at radius 2 is 2.06 bits per heavy atom. The molecule has 18 heavy (non-hydrogen) atoms. The van der Waals surface area contributed by atoms with Crippen molar-refractivity contribution >= 4 is 5.78 Å². The van der Waals surface area contributed by atoms with Crippen LogP contribution in [-0.2, 0) is 4.74 Å². The zero-order valence-electron chi connectivity index (χ0n) is 11.2. The van der Waals surface area contributed by atoms with Gasteiger partial charge >= 0.3 is 0 Å². The second kappa shape index (κ2) is 7.84. The normalized spacial score (nSPS) is 10.7. The van der Waals surface area contributed by atoms with Crippen LogP contribution >= 0.6 is 0 Å². The van der Waals surface area contributed by atoms with Crippen LogP contribution in [-0.4, -0.2) is 38.7 Å². The average molecular weight is 251 g/mol. The van der Waals surface area contributed by atoms with Crippen molar-refractivity contribution in [3.63, 3.8) is 0 Å². The molecule has 0 aromatic heterocycles. The molecular weight excluding hydrogens is 230 g/mol. The topological polar surface area (TPSA) is 47.6 Å². The highest BCUT2D eigenvalue weighted by molar-refractivity contribution is 6.00. The second-order valence-corrected chi connectivity index (χ2v) is 4.26. The Hall–Kier alpha value is -1.39. The van der Waals surface area contributed by atoms with Gasteiger partial charge in [0.15, 0.2) is 5.78 Å². The Kier molecular flexibility index (Phi) is 6.39. The molecule has 0 amide bonds. The quantitative estimate of drug-likeness (QED) is 0.566. The van der Waals surface area contributed by atoms with Gasteiger partial charge in [0.25, 0.3) is 0 Å². The maximum atomic E-state index is 12.0. The first-order valence-corrected chi connectivity index (χ1v) is 6.13. The summed E-state index contributed by atoms with van der Waals surface area (Å²) in [5, 5.41) is 3.04. The summed E-state index contributed by atoms with van der Waals surface area (Å²) in [4.78, 5) is 12.0. The minimum absolute atomic E-state index is 0.0300. The van der Waals surface area contributed by atoms with Crippen molar-refractivity contribution in [2.75, 3.05) is 26.8 Å². The second-order valence-electron chi connectivity index (χ2n) is 4.26. The molecule has 1 aromatic rings. The fourth-order valence-corrected chi connectivity index (χ4v) is 1.53. The minimum atomic E-state index is 0.0300. The van der Waals surface area contributed by atoms with Crippen LogP contribution in [0.25, 0.3) is 0 Å². The predicted octanol–water partition coefficient (Wildman–Crippen LogP) is 1.89. The highest BCUT2D eigenvalue weighted by atomic mass is 16.5. The molecule has 1 rings (SSSR count). The van der Waals surface area contributed by atoms with Crippen LogP contribution < -0.4 is 10.1 Å². The van der Waals surface area contributed by atoms with Crippen LogP contribution in [0.4, 0.5) is 0 Å². The number of carbonyl (C=O) groups excluding carboxylic acids is 1. The lowest BCUT2D eigenvalue weighted by atomic mass is 10.1. The summed E-state index contributed by atoms with van der Waals surface area (Å²) in [5.74, 6) is 0.674. The van der Waals surface area contributed by atoms with Gasteiger partial charge in [0.05, 0.1) is 24.8 Å². The van der Waals surface area contributed by atoms with Gasteiger partial charge in [0.1, 0.15) is 5.75 Å². The Morgan fingerprint density at radius 1 is 1.33 bits per heavy atom. The van der Waals surface area contributed by atoms with E-state index in [0.717, 1.165) is 0 Å². The van der Waals surface area contributed by atoms with Gasteiger partial charge < -0.3 is 14.8 Å². The first-order valence-electron chi connectivity index (χ1n) is 6.13. The van der Waals surface area contributed by atoms with E-state index in [9.17, 15) is 4.79 Å². The summed E-state index contributed by atoms with van der Waals surface area (Å²) < 4.78 is 10.5. The molecule has 0 bridgehead atoms. The lowest BCUT2D eigenvalue weighted by Gasteiger charge is -2.13. The number of hydrogen-bond donors (Lipinski definition) is 1.